The van der Waals surface area contributed by atoms with Crippen LogP contribution in [0.3, 0.4) is 0 Å². The van der Waals surface area contributed by atoms with Crippen molar-refractivity contribution in [1.29, 1.82) is 0 Å². The van der Waals surface area contributed by atoms with Gasteiger partial charge < -0.3 is 10.0 Å². The Morgan fingerprint density at radius 1 is 1.03 bits per heavy atom. The van der Waals surface area contributed by atoms with Crippen LogP contribution in [0.4, 0.5) is 13.2 Å². The van der Waals surface area contributed by atoms with Crippen molar-refractivity contribution in [2.45, 2.75) is 47.7 Å². The Morgan fingerprint density at radius 2 is 1.76 bits per heavy atom. The first-order chi connectivity index (χ1) is 18.1. The number of nitrogens with zero attached hydrogens (tertiary/aromatic N) is 3. The second kappa shape index (κ2) is 7.72. The van der Waals surface area contributed by atoms with Crippen LogP contribution in [0.1, 0.15) is 52.5 Å². The van der Waals surface area contributed by atoms with E-state index in [2.05, 4.69) is 0 Å². The maximum absolute atomic E-state index is 13.7. The fraction of sp³-hybridized carbons (Fsp3) is 0.333. The molecular formula is C27H21ClF3N3O3S. The van der Waals surface area contributed by atoms with Crippen molar-refractivity contribution in [2.75, 3.05) is 11.7 Å². The van der Waals surface area contributed by atoms with E-state index in [1.165, 1.54) is 21.8 Å². The van der Waals surface area contributed by atoms with E-state index in [4.69, 9.17) is 11.6 Å². The topological polar surface area (TPSA) is 65.8 Å². The average Bonchev–Trinajstić information content (AvgIpc) is 2.98. The molecule has 196 valence electrons. The van der Waals surface area contributed by atoms with Crippen molar-refractivity contribution < 1.29 is 23.1 Å². The van der Waals surface area contributed by atoms with Gasteiger partial charge in [0.1, 0.15) is 12.7 Å². The normalized spacial score (nSPS) is 27.5. The van der Waals surface area contributed by atoms with E-state index >= 15 is 0 Å². The van der Waals surface area contributed by atoms with Crippen LogP contribution in [-0.4, -0.2) is 39.0 Å². The van der Waals surface area contributed by atoms with Crippen molar-refractivity contribution in [3.8, 4) is 5.75 Å². The third-order valence-electron chi connectivity index (χ3n) is 8.55. The molecule has 0 unspecified atom stereocenters. The van der Waals surface area contributed by atoms with E-state index in [0.29, 0.717) is 10.8 Å². The molecule has 2 aromatic carbocycles. The van der Waals surface area contributed by atoms with Gasteiger partial charge >= 0.3 is 6.18 Å². The molecule has 0 radical (unpaired) electrons. The van der Waals surface area contributed by atoms with Gasteiger partial charge in [0.2, 0.25) is 5.43 Å². The van der Waals surface area contributed by atoms with Gasteiger partial charge in [-0.15, -0.1) is 11.8 Å². The van der Waals surface area contributed by atoms with E-state index in [-0.39, 0.29) is 31.6 Å². The highest BCUT2D eigenvalue weighted by Crippen LogP contribution is 2.75. The number of pyridine rings is 1. The number of thioether (sulfide) groups is 1. The zero-order chi connectivity index (χ0) is 26.6. The third-order valence-corrected chi connectivity index (χ3v) is 10.0. The molecule has 3 heterocycles. The van der Waals surface area contributed by atoms with Crippen LogP contribution in [-0.2, 0) is 5.75 Å². The number of fused-ring (bicyclic) bond motifs is 3. The molecule has 3 fully saturated rings. The predicted octanol–water partition coefficient (Wildman–Crippen LogP) is 5.44. The van der Waals surface area contributed by atoms with Crippen molar-refractivity contribution in [3.05, 3.63) is 92.4 Å². The largest absolute Gasteiger partial charge is 0.502 e. The molecule has 1 N–H and O–H groups in total. The van der Waals surface area contributed by atoms with Gasteiger partial charge in [0.05, 0.1) is 5.41 Å². The molecule has 3 saturated carbocycles. The number of benzene rings is 2. The number of hydrogen-bond donors (Lipinski definition) is 1. The summed E-state index contributed by atoms with van der Waals surface area (Å²) in [6, 6.07) is 14.1. The lowest BCUT2D eigenvalue weighted by Crippen LogP contribution is -2.81. The number of aromatic nitrogens is 1. The molecule has 3 aromatic rings. The molecule has 1 atom stereocenters. The van der Waals surface area contributed by atoms with Crippen molar-refractivity contribution in [3.63, 3.8) is 0 Å². The molecule has 0 spiro atoms. The van der Waals surface area contributed by atoms with Crippen molar-refractivity contribution in [1.82, 2.24) is 9.58 Å². The molecule has 8 rings (SSSR count). The second-order valence-corrected chi connectivity index (χ2v) is 12.0. The Bertz CT molecular complexity index is 1570. The predicted molar refractivity (Wildman–Crippen MR) is 136 cm³/mol. The Labute approximate surface area is 224 Å². The average molecular weight is 560 g/mol. The van der Waals surface area contributed by atoms with Crippen LogP contribution in [0.15, 0.2) is 64.4 Å². The number of carbonyl (C=O) groups is 1. The summed E-state index contributed by atoms with van der Waals surface area (Å²) in [6.45, 7) is -0.0313. The van der Waals surface area contributed by atoms with Gasteiger partial charge in [-0.3, -0.25) is 19.3 Å². The Hall–Kier alpha value is -3.11. The van der Waals surface area contributed by atoms with Crippen LogP contribution in [0.2, 0.25) is 5.02 Å². The number of hydrogen-bond acceptors (Lipinski definition) is 5. The standard InChI is InChI=1S/C27H21ClF3N3O3S/c28-17-6-3-4-15-10-38-19-7-2-1-5-16(19)21(20(15)17)34-14-32(26-11-25(12-26,13-26)27(29,30)31)24(37)22-23(36)18(35)8-9-33(22)34/h1-9,21,36H,10-14H2/t21-,25?,26?/m1/s1. The Balaban J connectivity index is 1.42. The van der Waals surface area contributed by atoms with Crippen molar-refractivity contribution >= 4 is 29.3 Å². The SMILES string of the molecule is O=C1c2c(O)c(=O)ccn2N([C@@H]2c3ccccc3SCc3cccc(Cl)c32)CN1C12CC(C(F)(F)F)(C1)C2. The lowest BCUT2D eigenvalue weighted by Gasteiger charge is -2.74. The summed E-state index contributed by atoms with van der Waals surface area (Å²) in [7, 11) is 0. The van der Waals surface area contributed by atoms with E-state index in [0.717, 1.165) is 21.6 Å². The van der Waals surface area contributed by atoms with Gasteiger partial charge in [-0.2, -0.15) is 13.2 Å². The number of halogens is 4. The molecule has 3 aliphatic carbocycles. The number of carbonyl (C=O) groups excluding carboxylic acids is 1. The Morgan fingerprint density at radius 3 is 2.50 bits per heavy atom. The van der Waals surface area contributed by atoms with Crippen LogP contribution in [0, 0.1) is 5.41 Å². The molecule has 5 aliphatic rings. The highest BCUT2D eigenvalue weighted by molar-refractivity contribution is 7.98. The number of alkyl halides is 3. The van der Waals surface area contributed by atoms with Gasteiger partial charge in [-0.05, 0) is 42.5 Å². The molecule has 38 heavy (non-hydrogen) atoms. The fourth-order valence-electron chi connectivity index (χ4n) is 6.70. The first-order valence-corrected chi connectivity index (χ1v) is 13.5. The van der Waals surface area contributed by atoms with Gasteiger partial charge in [-0.1, -0.05) is 41.9 Å². The molecular weight excluding hydrogens is 539 g/mol. The fourth-order valence-corrected chi connectivity index (χ4v) is 8.08. The molecule has 1 amide bonds. The van der Waals surface area contributed by atoms with E-state index in [1.54, 1.807) is 17.8 Å². The molecule has 0 saturated heterocycles. The maximum Gasteiger partial charge on any atom is 0.394 e. The minimum atomic E-state index is -4.34. The summed E-state index contributed by atoms with van der Waals surface area (Å²) in [5.41, 5.74) is -1.02. The lowest BCUT2D eigenvalue weighted by molar-refractivity contribution is -0.356. The smallest absolute Gasteiger partial charge is 0.394 e. The van der Waals surface area contributed by atoms with E-state index < -0.39 is 40.3 Å². The third kappa shape index (κ3) is 3.04. The lowest BCUT2D eigenvalue weighted by atomic mass is 9.38. The van der Waals surface area contributed by atoms with Gasteiger partial charge in [0.15, 0.2) is 11.4 Å². The molecule has 6 nitrogen and oxygen atoms in total. The highest BCUT2D eigenvalue weighted by Gasteiger charge is 2.81. The van der Waals surface area contributed by atoms with Crippen LogP contribution >= 0.6 is 23.4 Å². The number of aromatic hydroxyl groups is 1. The monoisotopic (exact) mass is 559 g/mol. The zero-order valence-electron chi connectivity index (χ0n) is 19.8. The summed E-state index contributed by atoms with van der Waals surface area (Å²) in [5.74, 6) is -0.720. The minimum Gasteiger partial charge on any atom is -0.502 e. The summed E-state index contributed by atoms with van der Waals surface area (Å²) < 4.78 is 42.5. The molecule has 11 heteroatoms. The first-order valence-electron chi connectivity index (χ1n) is 12.1. The van der Waals surface area contributed by atoms with Crippen molar-refractivity contribution in [2.24, 2.45) is 5.41 Å². The minimum absolute atomic E-state index is 0.0313. The summed E-state index contributed by atoms with van der Waals surface area (Å²) >= 11 is 8.45. The van der Waals surface area contributed by atoms with Crippen LogP contribution < -0.4 is 10.4 Å². The maximum atomic E-state index is 13.7. The number of amides is 1. The quantitative estimate of drug-likeness (QED) is 0.453. The summed E-state index contributed by atoms with van der Waals surface area (Å²) in [5, 5.41) is 13.1. The first kappa shape index (κ1) is 24.0. The zero-order valence-corrected chi connectivity index (χ0v) is 21.4. The van der Waals surface area contributed by atoms with E-state index in [1.807, 2.05) is 41.4 Å². The van der Waals surface area contributed by atoms with Crippen LogP contribution in [0.25, 0.3) is 0 Å². The second-order valence-electron chi connectivity index (χ2n) is 10.6. The van der Waals surface area contributed by atoms with E-state index in [9.17, 15) is 27.9 Å². The van der Waals surface area contributed by atoms with Gasteiger partial charge in [0, 0.05) is 39.0 Å². The number of rotatable bonds is 2. The molecule has 1 aromatic heterocycles. The Kier molecular flexibility index (Phi) is 4.87. The molecule has 2 aliphatic heterocycles. The van der Waals surface area contributed by atoms with Crippen LogP contribution in [0.5, 0.6) is 5.75 Å². The summed E-state index contributed by atoms with van der Waals surface area (Å²) in [6.07, 6.45) is -3.46. The molecule has 2 bridgehead atoms. The summed E-state index contributed by atoms with van der Waals surface area (Å²) in [4.78, 5) is 28.6. The van der Waals surface area contributed by atoms with Gasteiger partial charge in [-0.25, -0.2) is 0 Å². The highest BCUT2D eigenvalue weighted by atomic mass is 35.5. The van der Waals surface area contributed by atoms with Gasteiger partial charge in [0.25, 0.3) is 5.91 Å².